The van der Waals surface area contributed by atoms with Gasteiger partial charge in [-0.2, -0.15) is 11.8 Å². The van der Waals surface area contributed by atoms with Crippen LogP contribution in [-0.2, 0) is 4.79 Å². The van der Waals surface area contributed by atoms with E-state index in [-0.39, 0.29) is 11.9 Å². The lowest BCUT2D eigenvalue weighted by Crippen LogP contribution is -2.26. The molecule has 0 saturated heterocycles. The molecule has 2 heterocycles. The third-order valence-electron chi connectivity index (χ3n) is 3.03. The van der Waals surface area contributed by atoms with Crippen LogP contribution in [0.1, 0.15) is 18.2 Å². The molecule has 0 aliphatic carbocycles. The van der Waals surface area contributed by atoms with Gasteiger partial charge in [-0.15, -0.1) is 0 Å². The fourth-order valence-corrected chi connectivity index (χ4v) is 2.48. The van der Waals surface area contributed by atoms with Gasteiger partial charge in [0.1, 0.15) is 11.9 Å². The highest BCUT2D eigenvalue weighted by Crippen LogP contribution is 2.17. The van der Waals surface area contributed by atoms with Crippen LogP contribution in [0.25, 0.3) is 0 Å². The first-order valence-electron chi connectivity index (χ1n) is 6.56. The minimum absolute atomic E-state index is 0.0200. The molecule has 1 atom stereocenters. The Morgan fingerprint density at radius 2 is 2.10 bits per heavy atom. The van der Waals surface area contributed by atoms with Crippen LogP contribution < -0.4 is 5.32 Å². The van der Waals surface area contributed by atoms with Crippen LogP contribution in [0.2, 0.25) is 0 Å². The topological polar surface area (TPSA) is 46.9 Å². The fourth-order valence-electron chi connectivity index (χ4n) is 2.02. The Morgan fingerprint density at radius 3 is 2.75 bits per heavy atom. The Kier molecular flexibility index (Phi) is 5.24. The van der Waals surface area contributed by atoms with E-state index in [1.54, 1.807) is 11.8 Å². The fraction of sp³-hybridized carbons (Fsp3) is 0.333. The molecule has 1 amide bonds. The average Bonchev–Trinajstić information content (AvgIpc) is 2.93. The molecule has 20 heavy (non-hydrogen) atoms. The van der Waals surface area contributed by atoms with Gasteiger partial charge in [0.05, 0.1) is 0 Å². The third kappa shape index (κ3) is 3.87. The van der Waals surface area contributed by atoms with Crippen LogP contribution in [0.4, 0.5) is 5.82 Å². The molecule has 0 unspecified atom stereocenters. The molecule has 4 nitrogen and oxygen atoms in total. The third-order valence-corrected chi connectivity index (χ3v) is 3.67. The summed E-state index contributed by atoms with van der Waals surface area (Å²) in [5, 5.41) is 2.90. The van der Waals surface area contributed by atoms with E-state index in [2.05, 4.69) is 10.3 Å². The maximum atomic E-state index is 12.4. The number of amides is 1. The van der Waals surface area contributed by atoms with E-state index in [1.807, 2.05) is 60.5 Å². The summed E-state index contributed by atoms with van der Waals surface area (Å²) in [6, 6.07) is 9.29. The number of hydrogen-bond acceptors (Lipinski definition) is 3. The number of aromatic nitrogens is 2. The van der Waals surface area contributed by atoms with Crippen molar-refractivity contribution in [3.05, 3.63) is 48.4 Å². The van der Waals surface area contributed by atoms with Crippen molar-refractivity contribution in [2.45, 2.75) is 19.4 Å². The van der Waals surface area contributed by atoms with Gasteiger partial charge in [-0.1, -0.05) is 6.07 Å². The SMILES string of the molecule is CSCC[C@H](C(=O)Nc1cccc(C)n1)n1cccc1. The standard InChI is InChI=1S/C15H19N3OS/c1-12-6-5-7-14(16-12)17-15(19)13(8-11-20-2)18-9-3-4-10-18/h3-7,9-10,13H,8,11H2,1-2H3,(H,16,17,19)/t13-/m1/s1. The quantitative estimate of drug-likeness (QED) is 0.888. The summed E-state index contributed by atoms with van der Waals surface area (Å²) in [5.74, 6) is 1.53. The van der Waals surface area contributed by atoms with Gasteiger partial charge in [0, 0.05) is 18.1 Å². The summed E-state index contributed by atoms with van der Waals surface area (Å²) >= 11 is 1.74. The largest absolute Gasteiger partial charge is 0.342 e. The molecule has 2 rings (SSSR count). The van der Waals surface area contributed by atoms with Crippen LogP contribution in [-0.4, -0.2) is 27.5 Å². The molecule has 0 radical (unpaired) electrons. The molecule has 106 valence electrons. The van der Waals surface area contributed by atoms with E-state index in [0.29, 0.717) is 5.82 Å². The van der Waals surface area contributed by atoms with Gasteiger partial charge < -0.3 is 9.88 Å². The van der Waals surface area contributed by atoms with Gasteiger partial charge in [0.15, 0.2) is 0 Å². The lowest BCUT2D eigenvalue weighted by molar-refractivity contribution is -0.119. The Bertz CT molecular complexity index is 554. The van der Waals surface area contributed by atoms with Crippen molar-refractivity contribution in [1.29, 1.82) is 0 Å². The van der Waals surface area contributed by atoms with Gasteiger partial charge in [-0.25, -0.2) is 4.98 Å². The Morgan fingerprint density at radius 1 is 1.35 bits per heavy atom. The van der Waals surface area contributed by atoms with Crippen molar-refractivity contribution in [2.75, 3.05) is 17.3 Å². The summed E-state index contributed by atoms with van der Waals surface area (Å²) in [4.78, 5) is 16.8. The van der Waals surface area contributed by atoms with Gasteiger partial charge in [-0.05, 0) is 49.6 Å². The summed E-state index contributed by atoms with van der Waals surface area (Å²) in [6.45, 7) is 1.91. The van der Waals surface area contributed by atoms with Gasteiger partial charge in [-0.3, -0.25) is 4.79 Å². The molecule has 0 aromatic carbocycles. The first-order chi connectivity index (χ1) is 9.70. The molecule has 0 spiro atoms. The zero-order valence-corrected chi connectivity index (χ0v) is 12.6. The van der Waals surface area contributed by atoms with Crippen molar-refractivity contribution < 1.29 is 4.79 Å². The maximum absolute atomic E-state index is 12.4. The molecule has 2 aromatic rings. The maximum Gasteiger partial charge on any atom is 0.248 e. The van der Waals surface area contributed by atoms with E-state index >= 15 is 0 Å². The lowest BCUT2D eigenvalue weighted by Gasteiger charge is -2.18. The van der Waals surface area contributed by atoms with Gasteiger partial charge in [0.2, 0.25) is 5.91 Å². The van der Waals surface area contributed by atoms with Crippen molar-refractivity contribution in [2.24, 2.45) is 0 Å². The zero-order valence-electron chi connectivity index (χ0n) is 11.7. The number of aryl methyl sites for hydroxylation is 1. The molecule has 0 aliphatic rings. The highest BCUT2D eigenvalue weighted by molar-refractivity contribution is 7.98. The van der Waals surface area contributed by atoms with E-state index in [0.717, 1.165) is 17.9 Å². The number of carbonyl (C=O) groups is 1. The second-order valence-corrected chi connectivity index (χ2v) is 5.57. The molecule has 0 saturated carbocycles. The number of pyridine rings is 1. The number of anilines is 1. The summed E-state index contributed by atoms with van der Waals surface area (Å²) in [5.41, 5.74) is 0.893. The van der Waals surface area contributed by atoms with Crippen molar-refractivity contribution in [3.63, 3.8) is 0 Å². The molecule has 2 aromatic heterocycles. The number of nitrogens with zero attached hydrogens (tertiary/aromatic N) is 2. The lowest BCUT2D eigenvalue weighted by atomic mass is 10.2. The zero-order chi connectivity index (χ0) is 14.4. The van der Waals surface area contributed by atoms with Crippen LogP contribution in [0.15, 0.2) is 42.7 Å². The van der Waals surface area contributed by atoms with Gasteiger partial charge >= 0.3 is 0 Å². The summed E-state index contributed by atoms with van der Waals surface area (Å²) in [7, 11) is 0. The average molecular weight is 289 g/mol. The molecule has 1 N–H and O–H groups in total. The van der Waals surface area contributed by atoms with Crippen molar-refractivity contribution in [3.8, 4) is 0 Å². The second kappa shape index (κ2) is 7.14. The van der Waals surface area contributed by atoms with Crippen LogP contribution in [0.5, 0.6) is 0 Å². The second-order valence-electron chi connectivity index (χ2n) is 4.58. The first-order valence-corrected chi connectivity index (χ1v) is 7.96. The first kappa shape index (κ1) is 14.7. The predicted octanol–water partition coefficient (Wildman–Crippen LogP) is 3.12. The predicted molar refractivity (Wildman–Crippen MR) is 84.1 cm³/mol. The highest BCUT2D eigenvalue weighted by Gasteiger charge is 2.19. The Labute approximate surface area is 123 Å². The van der Waals surface area contributed by atoms with Crippen molar-refractivity contribution >= 4 is 23.5 Å². The number of rotatable bonds is 6. The van der Waals surface area contributed by atoms with E-state index < -0.39 is 0 Å². The molecule has 0 bridgehead atoms. The smallest absolute Gasteiger partial charge is 0.248 e. The number of thioether (sulfide) groups is 1. The summed E-state index contributed by atoms with van der Waals surface area (Å²) < 4.78 is 1.95. The highest BCUT2D eigenvalue weighted by atomic mass is 32.2. The number of carbonyl (C=O) groups excluding carboxylic acids is 1. The number of hydrogen-bond donors (Lipinski definition) is 1. The van der Waals surface area contributed by atoms with Crippen LogP contribution >= 0.6 is 11.8 Å². The Balaban J connectivity index is 2.10. The Hall–Kier alpha value is -1.75. The minimum Gasteiger partial charge on any atom is -0.342 e. The minimum atomic E-state index is -0.195. The van der Waals surface area contributed by atoms with Crippen molar-refractivity contribution in [1.82, 2.24) is 9.55 Å². The molecule has 5 heteroatoms. The van der Waals surface area contributed by atoms with Crippen LogP contribution in [0, 0.1) is 6.92 Å². The normalized spacial score (nSPS) is 12.1. The number of nitrogens with one attached hydrogen (secondary N) is 1. The summed E-state index contributed by atoms with van der Waals surface area (Å²) in [6.07, 6.45) is 6.70. The van der Waals surface area contributed by atoms with E-state index in [1.165, 1.54) is 0 Å². The molecular formula is C15H19N3OS. The molecular weight excluding hydrogens is 270 g/mol. The van der Waals surface area contributed by atoms with E-state index in [4.69, 9.17) is 0 Å². The van der Waals surface area contributed by atoms with E-state index in [9.17, 15) is 4.79 Å². The van der Waals surface area contributed by atoms with Crippen LogP contribution in [0.3, 0.4) is 0 Å². The molecule has 0 aliphatic heterocycles. The van der Waals surface area contributed by atoms with Gasteiger partial charge in [0.25, 0.3) is 0 Å². The molecule has 0 fully saturated rings. The monoisotopic (exact) mass is 289 g/mol.